The van der Waals surface area contributed by atoms with E-state index < -0.39 is 6.04 Å². The van der Waals surface area contributed by atoms with Crippen LogP contribution >= 0.6 is 24.8 Å². The average molecular weight is 364 g/mol. The van der Waals surface area contributed by atoms with Gasteiger partial charge >= 0.3 is 0 Å². The number of amides is 1. The van der Waals surface area contributed by atoms with Crippen LogP contribution in [0.3, 0.4) is 0 Å². The lowest BCUT2D eigenvalue weighted by Gasteiger charge is -2.34. The Kier molecular flexibility index (Phi) is 9.51. The molecule has 1 atom stereocenters. The summed E-state index contributed by atoms with van der Waals surface area (Å²) < 4.78 is 5.91. The molecule has 5 nitrogen and oxygen atoms in total. The molecule has 132 valence electrons. The SMILES string of the molecule is Cc1ccc(OC2CCN(C(=O)[C@@H](N)C(C)C)CC2)cn1.Cl.Cl. The number of hydrogen-bond acceptors (Lipinski definition) is 4. The Morgan fingerprint density at radius 2 is 1.91 bits per heavy atom. The van der Waals surface area contributed by atoms with Gasteiger partial charge < -0.3 is 15.4 Å². The maximum atomic E-state index is 12.2. The topological polar surface area (TPSA) is 68.5 Å². The van der Waals surface area contributed by atoms with Gasteiger partial charge in [0, 0.05) is 31.6 Å². The van der Waals surface area contributed by atoms with Crippen molar-refractivity contribution in [3.8, 4) is 5.75 Å². The van der Waals surface area contributed by atoms with Crippen molar-refractivity contribution in [1.29, 1.82) is 0 Å². The summed E-state index contributed by atoms with van der Waals surface area (Å²) in [6.45, 7) is 7.32. The van der Waals surface area contributed by atoms with E-state index in [1.165, 1.54) is 0 Å². The second-order valence-corrected chi connectivity index (χ2v) is 6.05. The fourth-order valence-electron chi connectivity index (χ4n) is 2.41. The number of aromatic nitrogens is 1. The average Bonchev–Trinajstić information content (AvgIpc) is 2.49. The van der Waals surface area contributed by atoms with Gasteiger partial charge in [-0.25, -0.2) is 0 Å². The molecule has 1 aromatic rings. The Morgan fingerprint density at radius 1 is 1.30 bits per heavy atom. The Labute approximate surface area is 150 Å². The maximum absolute atomic E-state index is 12.2. The van der Waals surface area contributed by atoms with Crippen molar-refractivity contribution in [3.05, 3.63) is 24.0 Å². The normalized spacial score (nSPS) is 16.3. The summed E-state index contributed by atoms with van der Waals surface area (Å²) in [5.74, 6) is 1.02. The van der Waals surface area contributed by atoms with Crippen LogP contribution in [0.15, 0.2) is 18.3 Å². The van der Waals surface area contributed by atoms with Crippen LogP contribution in [0.5, 0.6) is 5.75 Å². The van der Waals surface area contributed by atoms with Crippen molar-refractivity contribution in [2.24, 2.45) is 11.7 Å². The number of rotatable bonds is 4. The van der Waals surface area contributed by atoms with Gasteiger partial charge in [-0.05, 0) is 25.0 Å². The second kappa shape index (κ2) is 9.96. The number of carbonyl (C=O) groups excluding carboxylic acids is 1. The van der Waals surface area contributed by atoms with Crippen LogP contribution in [-0.4, -0.2) is 41.0 Å². The summed E-state index contributed by atoms with van der Waals surface area (Å²) in [7, 11) is 0. The first kappa shape index (κ1) is 22.0. The smallest absolute Gasteiger partial charge is 0.239 e. The molecule has 1 saturated heterocycles. The van der Waals surface area contributed by atoms with E-state index in [0.717, 1.165) is 24.3 Å². The highest BCUT2D eigenvalue weighted by atomic mass is 35.5. The molecule has 0 unspecified atom stereocenters. The third-order valence-electron chi connectivity index (χ3n) is 3.94. The Morgan fingerprint density at radius 3 is 2.39 bits per heavy atom. The predicted octanol–water partition coefficient (Wildman–Crippen LogP) is 2.59. The van der Waals surface area contributed by atoms with Gasteiger partial charge in [-0.15, -0.1) is 24.8 Å². The van der Waals surface area contributed by atoms with Crippen molar-refractivity contribution in [2.75, 3.05) is 13.1 Å². The molecule has 2 N–H and O–H groups in total. The summed E-state index contributed by atoms with van der Waals surface area (Å²) in [4.78, 5) is 18.3. The Bertz CT molecular complexity index is 475. The minimum absolute atomic E-state index is 0. The number of nitrogens with two attached hydrogens (primary N) is 1. The maximum Gasteiger partial charge on any atom is 0.239 e. The highest BCUT2D eigenvalue weighted by Crippen LogP contribution is 2.19. The molecule has 1 aliphatic rings. The summed E-state index contributed by atoms with van der Waals surface area (Å²) in [5.41, 5.74) is 6.91. The van der Waals surface area contributed by atoms with Crippen LogP contribution < -0.4 is 10.5 Å². The molecule has 0 bridgehead atoms. The van der Waals surface area contributed by atoms with Crippen LogP contribution in [-0.2, 0) is 4.79 Å². The minimum Gasteiger partial charge on any atom is -0.489 e. The quantitative estimate of drug-likeness (QED) is 0.892. The molecule has 1 amide bonds. The molecule has 0 aromatic carbocycles. The van der Waals surface area contributed by atoms with Gasteiger partial charge in [-0.1, -0.05) is 13.8 Å². The highest BCUT2D eigenvalue weighted by Gasteiger charge is 2.28. The largest absolute Gasteiger partial charge is 0.489 e. The number of ether oxygens (including phenoxy) is 1. The Hall–Kier alpha value is -1.04. The number of halogens is 2. The van der Waals surface area contributed by atoms with Crippen LogP contribution in [0.1, 0.15) is 32.4 Å². The van der Waals surface area contributed by atoms with Gasteiger partial charge in [-0.3, -0.25) is 9.78 Å². The summed E-state index contributed by atoms with van der Waals surface area (Å²) in [6.07, 6.45) is 3.57. The van der Waals surface area contributed by atoms with E-state index in [-0.39, 0.29) is 42.7 Å². The van der Waals surface area contributed by atoms with Crippen molar-refractivity contribution in [1.82, 2.24) is 9.88 Å². The van der Waals surface area contributed by atoms with Crippen LogP contribution in [0.2, 0.25) is 0 Å². The molecule has 0 saturated carbocycles. The van der Waals surface area contributed by atoms with Crippen molar-refractivity contribution < 1.29 is 9.53 Å². The predicted molar refractivity (Wildman–Crippen MR) is 96.5 cm³/mol. The summed E-state index contributed by atoms with van der Waals surface area (Å²) in [5, 5.41) is 0. The molecule has 0 spiro atoms. The first-order valence-corrected chi connectivity index (χ1v) is 7.61. The number of nitrogens with zero attached hydrogens (tertiary/aromatic N) is 2. The summed E-state index contributed by atoms with van der Waals surface area (Å²) in [6, 6.07) is 3.48. The standard InChI is InChI=1S/C16H25N3O2.2ClH/c1-11(2)15(17)16(20)19-8-6-13(7-9-19)21-14-5-4-12(3)18-10-14;;/h4-5,10-11,13,15H,6-9,17H2,1-3H3;2*1H/t15-;;/m0../s1. The molecule has 23 heavy (non-hydrogen) atoms. The fraction of sp³-hybridized carbons (Fsp3) is 0.625. The van der Waals surface area contributed by atoms with Gasteiger partial charge in [0.05, 0.1) is 12.2 Å². The third kappa shape index (κ3) is 6.16. The van der Waals surface area contributed by atoms with E-state index in [1.54, 1.807) is 6.20 Å². The molecular weight excluding hydrogens is 337 g/mol. The first-order valence-electron chi connectivity index (χ1n) is 7.61. The molecule has 0 aliphatic carbocycles. The van der Waals surface area contributed by atoms with Crippen molar-refractivity contribution >= 4 is 30.7 Å². The van der Waals surface area contributed by atoms with E-state index in [1.807, 2.05) is 37.8 Å². The lowest BCUT2D eigenvalue weighted by atomic mass is 10.0. The van der Waals surface area contributed by atoms with Crippen LogP contribution in [0, 0.1) is 12.8 Å². The lowest BCUT2D eigenvalue weighted by molar-refractivity contribution is -0.135. The molecule has 0 radical (unpaired) electrons. The van der Waals surface area contributed by atoms with Gasteiger partial charge in [0.25, 0.3) is 0 Å². The number of hydrogen-bond donors (Lipinski definition) is 1. The monoisotopic (exact) mass is 363 g/mol. The number of aryl methyl sites for hydroxylation is 1. The highest BCUT2D eigenvalue weighted by molar-refractivity contribution is 5.85. The molecular formula is C16H27Cl2N3O2. The second-order valence-electron chi connectivity index (χ2n) is 6.05. The van der Waals surface area contributed by atoms with Gasteiger partial charge in [0.15, 0.2) is 0 Å². The zero-order chi connectivity index (χ0) is 15.4. The van der Waals surface area contributed by atoms with Crippen molar-refractivity contribution in [2.45, 2.75) is 45.8 Å². The van der Waals surface area contributed by atoms with E-state index in [4.69, 9.17) is 10.5 Å². The van der Waals surface area contributed by atoms with Gasteiger partial charge in [0.2, 0.25) is 5.91 Å². The van der Waals surface area contributed by atoms with Crippen molar-refractivity contribution in [3.63, 3.8) is 0 Å². The number of likely N-dealkylation sites (tertiary alicyclic amines) is 1. The molecule has 7 heteroatoms. The van der Waals surface area contributed by atoms with Crippen LogP contribution in [0.4, 0.5) is 0 Å². The lowest BCUT2D eigenvalue weighted by Crippen LogP contribution is -2.50. The molecule has 1 fully saturated rings. The molecule has 1 aromatic heterocycles. The van der Waals surface area contributed by atoms with Gasteiger partial charge in [0.1, 0.15) is 11.9 Å². The Balaban J connectivity index is 0.00000242. The number of pyridine rings is 1. The first-order chi connectivity index (χ1) is 9.97. The summed E-state index contributed by atoms with van der Waals surface area (Å²) >= 11 is 0. The molecule has 2 heterocycles. The fourth-order valence-corrected chi connectivity index (χ4v) is 2.41. The zero-order valence-corrected chi connectivity index (χ0v) is 15.5. The number of piperidine rings is 1. The number of carbonyl (C=O) groups is 1. The van der Waals surface area contributed by atoms with E-state index in [9.17, 15) is 4.79 Å². The zero-order valence-electron chi connectivity index (χ0n) is 13.9. The molecule has 2 rings (SSSR count). The minimum atomic E-state index is -0.399. The van der Waals surface area contributed by atoms with E-state index >= 15 is 0 Å². The third-order valence-corrected chi connectivity index (χ3v) is 3.94. The molecule has 1 aliphatic heterocycles. The van der Waals surface area contributed by atoms with Crippen LogP contribution in [0.25, 0.3) is 0 Å². The van der Waals surface area contributed by atoms with E-state index in [0.29, 0.717) is 13.1 Å². The van der Waals surface area contributed by atoms with Gasteiger partial charge in [-0.2, -0.15) is 0 Å². The van der Waals surface area contributed by atoms with E-state index in [2.05, 4.69) is 4.98 Å².